The maximum atomic E-state index is 13.0. The second-order valence-electron chi connectivity index (χ2n) is 11.4. The molecule has 7 heteroatoms. The molecular formula is C26H35N3O4. The molecule has 0 bridgehead atoms. The zero-order valence-corrected chi connectivity index (χ0v) is 19.9. The summed E-state index contributed by atoms with van der Waals surface area (Å²) < 4.78 is 0. The Morgan fingerprint density at radius 3 is 2.42 bits per heavy atom. The quantitative estimate of drug-likeness (QED) is 0.536. The van der Waals surface area contributed by atoms with E-state index in [0.717, 1.165) is 38.5 Å². The molecule has 3 aliphatic carbocycles. The maximum absolute atomic E-state index is 13.0. The number of non-ortho nitro benzene ring substituents is 1. The lowest BCUT2D eigenvalue weighted by Gasteiger charge is -2.61. The van der Waals surface area contributed by atoms with Crippen molar-refractivity contribution in [3.8, 4) is 0 Å². The van der Waals surface area contributed by atoms with Crippen molar-refractivity contribution in [3.05, 3.63) is 39.9 Å². The summed E-state index contributed by atoms with van der Waals surface area (Å²) in [5.74, 6) is 2.06. The third kappa shape index (κ3) is 3.38. The molecule has 5 rings (SSSR count). The zero-order valence-electron chi connectivity index (χ0n) is 19.9. The first-order chi connectivity index (χ1) is 15.6. The van der Waals surface area contributed by atoms with Crippen molar-refractivity contribution < 1.29 is 14.5 Å². The third-order valence-electron chi connectivity index (χ3n) is 10.2. The van der Waals surface area contributed by atoms with E-state index < -0.39 is 4.92 Å². The molecule has 0 spiro atoms. The molecule has 4 fully saturated rings. The van der Waals surface area contributed by atoms with Crippen LogP contribution >= 0.6 is 0 Å². The van der Waals surface area contributed by atoms with Gasteiger partial charge < -0.3 is 10.2 Å². The number of piperidine rings is 1. The molecule has 1 heterocycles. The highest BCUT2D eigenvalue weighted by Gasteiger charge is 2.61. The largest absolute Gasteiger partial charge is 0.349 e. The Bertz CT molecular complexity index is 978. The molecule has 0 aromatic heterocycles. The van der Waals surface area contributed by atoms with Gasteiger partial charge in [0.1, 0.15) is 0 Å². The lowest BCUT2D eigenvalue weighted by atomic mass is 9.47. The molecule has 33 heavy (non-hydrogen) atoms. The fourth-order valence-corrected chi connectivity index (χ4v) is 8.36. The minimum absolute atomic E-state index is 0.00285. The first-order valence-electron chi connectivity index (χ1n) is 12.5. The number of fused-ring (bicyclic) bond motifs is 5. The Labute approximate surface area is 195 Å². The number of hydrogen-bond acceptors (Lipinski definition) is 4. The summed E-state index contributed by atoms with van der Waals surface area (Å²) in [6.07, 6.45) is 8.33. The Kier molecular flexibility index (Phi) is 5.29. The van der Waals surface area contributed by atoms with Crippen molar-refractivity contribution in [2.24, 2.45) is 28.6 Å². The van der Waals surface area contributed by atoms with E-state index in [9.17, 15) is 19.7 Å². The Morgan fingerprint density at radius 2 is 1.73 bits per heavy atom. The summed E-state index contributed by atoms with van der Waals surface area (Å²) >= 11 is 0. The van der Waals surface area contributed by atoms with E-state index in [1.807, 2.05) is 11.9 Å². The van der Waals surface area contributed by atoms with E-state index in [-0.39, 0.29) is 28.5 Å². The lowest BCUT2D eigenvalue weighted by Crippen LogP contribution is -2.62. The summed E-state index contributed by atoms with van der Waals surface area (Å²) in [4.78, 5) is 37.8. The van der Waals surface area contributed by atoms with Gasteiger partial charge in [0.25, 0.3) is 11.6 Å². The van der Waals surface area contributed by atoms with Crippen molar-refractivity contribution in [1.82, 2.24) is 10.2 Å². The van der Waals surface area contributed by atoms with Gasteiger partial charge in [-0.2, -0.15) is 0 Å². The zero-order chi connectivity index (χ0) is 23.5. The van der Waals surface area contributed by atoms with E-state index in [1.165, 1.54) is 18.6 Å². The second kappa shape index (κ2) is 7.81. The number of nitrogens with zero attached hydrogens (tertiary/aromatic N) is 2. The minimum Gasteiger partial charge on any atom is -0.349 e. The van der Waals surface area contributed by atoms with Gasteiger partial charge in [-0.3, -0.25) is 19.7 Å². The summed E-state index contributed by atoms with van der Waals surface area (Å²) in [5.41, 5.74) is 0.755. The molecule has 1 aromatic rings. The highest BCUT2D eigenvalue weighted by molar-refractivity contribution is 5.94. The number of carbonyl (C=O) groups excluding carboxylic acids is 2. The third-order valence-corrected chi connectivity index (χ3v) is 10.2. The molecule has 2 amide bonds. The van der Waals surface area contributed by atoms with Crippen LogP contribution in [-0.2, 0) is 4.79 Å². The van der Waals surface area contributed by atoms with Crippen molar-refractivity contribution in [1.29, 1.82) is 0 Å². The average molecular weight is 454 g/mol. The molecular weight excluding hydrogens is 418 g/mol. The number of hydrogen-bond donors (Lipinski definition) is 1. The van der Waals surface area contributed by atoms with E-state index in [2.05, 4.69) is 19.2 Å². The molecule has 178 valence electrons. The summed E-state index contributed by atoms with van der Waals surface area (Å²) in [6, 6.07) is 6.37. The first-order valence-corrected chi connectivity index (χ1v) is 12.5. The van der Waals surface area contributed by atoms with Crippen molar-refractivity contribution in [3.63, 3.8) is 0 Å². The fraction of sp³-hybridized carbons (Fsp3) is 0.692. The van der Waals surface area contributed by atoms with Crippen LogP contribution in [0.25, 0.3) is 0 Å². The molecule has 0 radical (unpaired) electrons. The Balaban J connectivity index is 1.32. The van der Waals surface area contributed by atoms with Crippen molar-refractivity contribution in [2.75, 3.05) is 7.05 Å². The molecule has 1 N–H and O–H groups in total. The normalized spacial score (nSPS) is 39.9. The van der Waals surface area contributed by atoms with E-state index >= 15 is 0 Å². The fourth-order valence-electron chi connectivity index (χ4n) is 8.36. The van der Waals surface area contributed by atoms with Gasteiger partial charge in [0.2, 0.25) is 5.91 Å². The van der Waals surface area contributed by atoms with Crippen molar-refractivity contribution >= 4 is 17.5 Å². The first kappa shape index (κ1) is 22.4. The second-order valence-corrected chi connectivity index (χ2v) is 11.4. The number of amides is 2. The Hall–Kier alpha value is -2.44. The number of carbonyl (C=O) groups is 2. The van der Waals surface area contributed by atoms with Crippen LogP contribution in [0.15, 0.2) is 24.3 Å². The lowest BCUT2D eigenvalue weighted by molar-refractivity contribution is -0.384. The van der Waals surface area contributed by atoms with E-state index in [4.69, 9.17) is 0 Å². The number of nitrogens with one attached hydrogen (secondary N) is 1. The van der Waals surface area contributed by atoms with Gasteiger partial charge in [-0.15, -0.1) is 0 Å². The van der Waals surface area contributed by atoms with Crippen LogP contribution in [0.1, 0.15) is 75.6 Å². The van der Waals surface area contributed by atoms with Gasteiger partial charge in [0, 0.05) is 43.2 Å². The molecule has 4 aliphatic rings. The molecule has 1 aliphatic heterocycles. The summed E-state index contributed by atoms with van der Waals surface area (Å²) in [7, 11) is 2.00. The predicted octanol–water partition coefficient (Wildman–Crippen LogP) is 4.56. The monoisotopic (exact) mass is 453 g/mol. The number of benzene rings is 1. The molecule has 2 unspecified atom stereocenters. The van der Waals surface area contributed by atoms with Gasteiger partial charge in [-0.05, 0) is 85.7 Å². The SMILES string of the molecule is CN1C(=O)CC[C@@]2(C)C1CC[C@@H]1[C@H]2CC[C@]2(C)C(NC(=O)c3ccc([N+](=O)[O-])cc3)CC[C@@H]12. The topological polar surface area (TPSA) is 92.6 Å². The van der Waals surface area contributed by atoms with Gasteiger partial charge >= 0.3 is 0 Å². The van der Waals surface area contributed by atoms with Crippen molar-refractivity contribution in [2.45, 2.75) is 77.3 Å². The Morgan fingerprint density at radius 1 is 1.03 bits per heavy atom. The number of rotatable bonds is 3. The van der Waals surface area contributed by atoms with Crippen LogP contribution in [0.4, 0.5) is 5.69 Å². The van der Waals surface area contributed by atoms with Crippen LogP contribution in [0.5, 0.6) is 0 Å². The highest BCUT2D eigenvalue weighted by Crippen LogP contribution is 2.64. The number of nitro benzene ring substituents is 1. The van der Waals surface area contributed by atoms with Crippen LogP contribution in [0.3, 0.4) is 0 Å². The van der Waals surface area contributed by atoms with Gasteiger partial charge in [0.05, 0.1) is 4.92 Å². The summed E-state index contributed by atoms with van der Waals surface area (Å²) in [5, 5.41) is 14.2. The van der Waals surface area contributed by atoms with Gasteiger partial charge in [-0.25, -0.2) is 0 Å². The average Bonchev–Trinajstić information content (AvgIpc) is 3.13. The van der Waals surface area contributed by atoms with Gasteiger partial charge in [0.15, 0.2) is 0 Å². The highest BCUT2D eigenvalue weighted by atomic mass is 16.6. The standard InChI is InChI=1S/C26H35N3O4/c1-25-14-12-20-18(8-11-22-26(20,2)15-13-23(30)28(22)3)19(25)9-10-21(25)27-24(31)16-4-6-17(7-5-16)29(32)33/h4-7,18-22H,8-15H2,1-3H3,(H,27,31)/t18-,19-,20+,21?,22?,25-,26+/m0/s1. The predicted molar refractivity (Wildman–Crippen MR) is 125 cm³/mol. The molecule has 7 atom stereocenters. The summed E-state index contributed by atoms with van der Waals surface area (Å²) in [6.45, 7) is 4.80. The molecule has 1 saturated heterocycles. The van der Waals surface area contributed by atoms with Gasteiger partial charge in [-0.1, -0.05) is 13.8 Å². The van der Waals surface area contributed by atoms with E-state index in [0.29, 0.717) is 41.7 Å². The minimum atomic E-state index is -0.446. The van der Waals surface area contributed by atoms with Crippen LogP contribution in [0, 0.1) is 38.7 Å². The number of likely N-dealkylation sites (tertiary alicyclic amines) is 1. The van der Waals surface area contributed by atoms with Crippen LogP contribution in [0.2, 0.25) is 0 Å². The smallest absolute Gasteiger partial charge is 0.269 e. The number of nitro groups is 1. The molecule has 7 nitrogen and oxygen atoms in total. The molecule has 1 aromatic carbocycles. The van der Waals surface area contributed by atoms with Crippen LogP contribution < -0.4 is 5.32 Å². The molecule has 3 saturated carbocycles. The maximum Gasteiger partial charge on any atom is 0.269 e. The van der Waals surface area contributed by atoms with Crippen LogP contribution in [-0.4, -0.2) is 40.8 Å². The van der Waals surface area contributed by atoms with E-state index in [1.54, 1.807) is 12.1 Å².